The van der Waals surface area contributed by atoms with Crippen LogP contribution in [0.3, 0.4) is 0 Å². The second-order valence-corrected chi connectivity index (χ2v) is 3.35. The minimum absolute atomic E-state index is 0.108. The van der Waals surface area contributed by atoms with Gasteiger partial charge in [0, 0.05) is 5.56 Å². The monoisotopic (exact) mass is 257 g/mol. The molecule has 0 bridgehead atoms. The molecule has 82 valence electrons. The van der Waals surface area contributed by atoms with Crippen molar-refractivity contribution < 1.29 is 18.4 Å². The van der Waals surface area contributed by atoms with Crippen LogP contribution >= 0.6 is 23.2 Å². The summed E-state index contributed by atoms with van der Waals surface area (Å²) in [6.45, 7) is 0. The molecule has 1 N–H and O–H groups in total. The molecule has 1 rings (SSSR count). The van der Waals surface area contributed by atoms with Crippen molar-refractivity contribution in [3.63, 3.8) is 0 Å². The number of oxime groups is 1. The van der Waals surface area contributed by atoms with Gasteiger partial charge in [-0.25, -0.2) is 0 Å². The van der Waals surface area contributed by atoms with Gasteiger partial charge in [0.2, 0.25) is 0 Å². The fraction of sp³-hybridized carbons (Fsp3) is 0.125. The highest BCUT2D eigenvalue weighted by Gasteiger charge is 2.33. The van der Waals surface area contributed by atoms with E-state index in [1.54, 1.807) is 0 Å². The SMILES string of the molecule is ON=C(Cl)c1ccc(C(F)(F)F)c(Cl)c1. The fourth-order valence-electron chi connectivity index (χ4n) is 0.931. The zero-order valence-corrected chi connectivity index (χ0v) is 8.53. The molecule has 0 aliphatic rings. The van der Waals surface area contributed by atoms with E-state index in [-0.39, 0.29) is 10.7 Å². The summed E-state index contributed by atoms with van der Waals surface area (Å²) >= 11 is 10.8. The van der Waals surface area contributed by atoms with E-state index in [2.05, 4.69) is 5.16 Å². The summed E-state index contributed by atoms with van der Waals surface area (Å²) in [7, 11) is 0. The van der Waals surface area contributed by atoms with Crippen LogP contribution in [-0.2, 0) is 6.18 Å². The average Bonchev–Trinajstić information content (AvgIpc) is 2.14. The van der Waals surface area contributed by atoms with Crippen LogP contribution in [0, 0.1) is 0 Å². The summed E-state index contributed by atoms with van der Waals surface area (Å²) in [4.78, 5) is 0. The number of hydrogen-bond donors (Lipinski definition) is 1. The molecular formula is C8H4Cl2F3NO. The van der Waals surface area contributed by atoms with Crippen LogP contribution in [0.15, 0.2) is 23.4 Å². The van der Waals surface area contributed by atoms with Crippen molar-refractivity contribution in [3.05, 3.63) is 34.3 Å². The molecule has 0 saturated carbocycles. The molecule has 0 aliphatic heterocycles. The Morgan fingerprint density at radius 2 is 1.93 bits per heavy atom. The highest BCUT2D eigenvalue weighted by Crippen LogP contribution is 2.35. The Kier molecular flexibility index (Phi) is 3.46. The first-order valence-electron chi connectivity index (χ1n) is 3.61. The van der Waals surface area contributed by atoms with Gasteiger partial charge in [-0.3, -0.25) is 0 Å². The second kappa shape index (κ2) is 4.28. The number of nitrogens with zero attached hydrogens (tertiary/aromatic N) is 1. The lowest BCUT2D eigenvalue weighted by Crippen LogP contribution is -2.06. The van der Waals surface area contributed by atoms with E-state index in [0.717, 1.165) is 18.2 Å². The van der Waals surface area contributed by atoms with Crippen molar-refractivity contribution in [1.82, 2.24) is 0 Å². The predicted molar refractivity (Wildman–Crippen MR) is 50.6 cm³/mol. The van der Waals surface area contributed by atoms with Gasteiger partial charge in [-0.1, -0.05) is 34.4 Å². The van der Waals surface area contributed by atoms with Gasteiger partial charge in [-0.05, 0) is 12.1 Å². The Labute approximate surface area is 92.9 Å². The van der Waals surface area contributed by atoms with Crippen molar-refractivity contribution in [2.24, 2.45) is 5.16 Å². The lowest BCUT2D eigenvalue weighted by Gasteiger charge is -2.09. The Bertz CT molecular complexity index is 403. The van der Waals surface area contributed by atoms with Crippen molar-refractivity contribution in [2.75, 3.05) is 0 Å². The molecule has 1 aromatic carbocycles. The Hall–Kier alpha value is -0.940. The van der Waals surface area contributed by atoms with Crippen LogP contribution in [0.25, 0.3) is 0 Å². The normalized spacial score (nSPS) is 13.0. The van der Waals surface area contributed by atoms with Gasteiger partial charge in [-0.2, -0.15) is 13.2 Å². The molecule has 0 heterocycles. The van der Waals surface area contributed by atoms with Crippen molar-refractivity contribution in [3.8, 4) is 0 Å². The summed E-state index contributed by atoms with van der Waals surface area (Å²) in [5.74, 6) is 0. The quantitative estimate of drug-likeness (QED) is 0.464. The summed E-state index contributed by atoms with van der Waals surface area (Å²) < 4.78 is 36.8. The molecule has 0 aliphatic carbocycles. The van der Waals surface area contributed by atoms with Gasteiger partial charge >= 0.3 is 6.18 Å². The first-order chi connectivity index (χ1) is 6.86. The molecular weight excluding hydrogens is 254 g/mol. The third kappa shape index (κ3) is 2.76. The Balaban J connectivity index is 3.21. The van der Waals surface area contributed by atoms with Crippen LogP contribution in [0.4, 0.5) is 13.2 Å². The third-order valence-corrected chi connectivity index (χ3v) is 2.21. The van der Waals surface area contributed by atoms with Crippen LogP contribution in [0.2, 0.25) is 5.02 Å². The van der Waals surface area contributed by atoms with Crippen molar-refractivity contribution in [2.45, 2.75) is 6.18 Å². The first kappa shape index (κ1) is 12.1. The first-order valence-corrected chi connectivity index (χ1v) is 4.36. The minimum Gasteiger partial charge on any atom is -0.410 e. The van der Waals surface area contributed by atoms with E-state index in [4.69, 9.17) is 28.4 Å². The molecule has 15 heavy (non-hydrogen) atoms. The molecule has 2 nitrogen and oxygen atoms in total. The van der Waals surface area contributed by atoms with Gasteiger partial charge in [0.1, 0.15) is 0 Å². The Morgan fingerprint density at radius 3 is 2.33 bits per heavy atom. The van der Waals surface area contributed by atoms with Gasteiger partial charge in [-0.15, -0.1) is 0 Å². The number of alkyl halides is 3. The molecule has 0 unspecified atom stereocenters. The molecule has 0 radical (unpaired) electrons. The molecule has 7 heteroatoms. The third-order valence-electron chi connectivity index (χ3n) is 1.60. The van der Waals surface area contributed by atoms with E-state index in [0.29, 0.717) is 0 Å². The maximum absolute atomic E-state index is 12.3. The zero-order chi connectivity index (χ0) is 11.6. The smallest absolute Gasteiger partial charge is 0.410 e. The van der Waals surface area contributed by atoms with Crippen molar-refractivity contribution in [1.29, 1.82) is 0 Å². The minimum atomic E-state index is -4.52. The van der Waals surface area contributed by atoms with E-state index in [1.165, 1.54) is 0 Å². The molecule has 0 amide bonds. The highest BCUT2D eigenvalue weighted by molar-refractivity contribution is 6.69. The topological polar surface area (TPSA) is 32.6 Å². The molecule has 0 aromatic heterocycles. The maximum Gasteiger partial charge on any atom is 0.417 e. The number of rotatable bonds is 1. The van der Waals surface area contributed by atoms with Gasteiger partial charge < -0.3 is 5.21 Å². The largest absolute Gasteiger partial charge is 0.417 e. The number of halogens is 5. The second-order valence-electron chi connectivity index (χ2n) is 2.58. The van der Waals surface area contributed by atoms with Gasteiger partial charge in [0.15, 0.2) is 5.17 Å². The highest BCUT2D eigenvalue weighted by atomic mass is 35.5. The fourth-order valence-corrected chi connectivity index (χ4v) is 1.34. The van der Waals surface area contributed by atoms with Crippen LogP contribution in [0.5, 0.6) is 0 Å². The van der Waals surface area contributed by atoms with Crippen LogP contribution in [-0.4, -0.2) is 10.4 Å². The molecule has 0 atom stereocenters. The molecule has 0 spiro atoms. The van der Waals surface area contributed by atoms with E-state index < -0.39 is 16.8 Å². The average molecular weight is 258 g/mol. The summed E-state index contributed by atoms with van der Waals surface area (Å²) in [6, 6.07) is 2.81. The molecule has 0 saturated heterocycles. The van der Waals surface area contributed by atoms with E-state index in [1.807, 2.05) is 0 Å². The maximum atomic E-state index is 12.3. The van der Waals surface area contributed by atoms with E-state index >= 15 is 0 Å². The summed E-state index contributed by atoms with van der Waals surface area (Å²) in [5, 5.41) is 10.1. The number of hydrogen-bond acceptors (Lipinski definition) is 2. The number of benzene rings is 1. The van der Waals surface area contributed by atoms with E-state index in [9.17, 15) is 13.2 Å². The molecule has 0 fully saturated rings. The lowest BCUT2D eigenvalue weighted by molar-refractivity contribution is -0.137. The summed E-state index contributed by atoms with van der Waals surface area (Å²) in [6.07, 6.45) is -4.52. The van der Waals surface area contributed by atoms with Gasteiger partial charge in [0.05, 0.1) is 10.6 Å². The standard InChI is InChI=1S/C8H4Cl2F3NO/c9-6-3-4(7(10)14-15)1-2-5(6)8(11,12)13/h1-3,15H. The Morgan fingerprint density at radius 1 is 1.33 bits per heavy atom. The zero-order valence-electron chi connectivity index (χ0n) is 7.02. The summed E-state index contributed by atoms with van der Waals surface area (Å²) in [5.41, 5.74) is -0.854. The van der Waals surface area contributed by atoms with Crippen molar-refractivity contribution >= 4 is 28.4 Å². The van der Waals surface area contributed by atoms with Crippen LogP contribution in [0.1, 0.15) is 11.1 Å². The predicted octanol–water partition coefficient (Wildman–Crippen LogP) is 3.73. The van der Waals surface area contributed by atoms with Gasteiger partial charge in [0.25, 0.3) is 0 Å². The molecule has 1 aromatic rings. The van der Waals surface area contributed by atoms with Crippen LogP contribution < -0.4 is 0 Å². The lowest BCUT2D eigenvalue weighted by atomic mass is 10.1.